The van der Waals surface area contributed by atoms with Gasteiger partial charge in [0, 0.05) is 0 Å². The molecule has 0 saturated carbocycles. The molecule has 3 heterocycles. The monoisotopic (exact) mass is 417 g/mol. The van der Waals surface area contributed by atoms with Crippen molar-refractivity contribution >= 4 is 17.0 Å². The smallest absolute Gasteiger partial charge is 0.167 e. The summed E-state index contributed by atoms with van der Waals surface area (Å²) in [5.41, 5.74) is 1.60. The molecule has 1 aromatic carbocycles. The van der Waals surface area contributed by atoms with Gasteiger partial charge in [0.2, 0.25) is 0 Å². The van der Waals surface area contributed by atoms with Gasteiger partial charge in [0.15, 0.2) is 23.2 Å². The van der Waals surface area contributed by atoms with Gasteiger partial charge < -0.3 is 35.2 Å². The predicted octanol–water partition coefficient (Wildman–Crippen LogP) is -0.408. The van der Waals surface area contributed by atoms with Crippen molar-refractivity contribution in [2.24, 2.45) is 0 Å². The standard InChI is InChI=1S/C19H23N5O6/c1-29-11-4-2-10(3-5-11)12(6-25)23-17-14-18(21-8-20-17)24(9-22-14)19-16(28)15(27)13(7-26)30-19/h2-5,8-9,12-13,15-16,19,25-28H,6-7H2,1H3,(H,20,21,23)/t12-,13+,15-,16?,19+/m0/s1. The van der Waals surface area contributed by atoms with Gasteiger partial charge in [-0.2, -0.15) is 0 Å². The molecule has 4 rings (SSSR count). The van der Waals surface area contributed by atoms with Crippen LogP contribution in [-0.4, -0.2) is 78.6 Å². The number of benzene rings is 1. The first-order valence-corrected chi connectivity index (χ1v) is 9.38. The number of aliphatic hydroxyl groups excluding tert-OH is 4. The molecule has 0 spiro atoms. The quantitative estimate of drug-likeness (QED) is 0.343. The first-order chi connectivity index (χ1) is 14.6. The minimum Gasteiger partial charge on any atom is -0.497 e. The third kappa shape index (κ3) is 3.57. The number of aromatic nitrogens is 4. The third-order valence-electron chi connectivity index (χ3n) is 5.16. The van der Waals surface area contributed by atoms with Gasteiger partial charge in [-0.3, -0.25) is 4.57 Å². The highest BCUT2D eigenvalue weighted by Crippen LogP contribution is 2.32. The number of ether oxygens (including phenoxy) is 2. The minimum absolute atomic E-state index is 0.187. The Kier molecular flexibility index (Phi) is 5.79. The van der Waals surface area contributed by atoms with Crippen molar-refractivity contribution in [3.05, 3.63) is 42.5 Å². The summed E-state index contributed by atoms with van der Waals surface area (Å²) < 4.78 is 12.2. The number of imidazole rings is 1. The van der Waals surface area contributed by atoms with E-state index in [1.54, 1.807) is 19.2 Å². The first kappa shape index (κ1) is 20.4. The highest BCUT2D eigenvalue weighted by molar-refractivity contribution is 5.83. The molecule has 11 nitrogen and oxygen atoms in total. The SMILES string of the molecule is COc1ccc([C@H](CO)Nc2ncnc3c2ncn3[C@@H]2O[C@H](CO)[C@H](O)C2O)cc1. The number of rotatable bonds is 7. The van der Waals surface area contributed by atoms with Crippen LogP contribution in [0.25, 0.3) is 11.2 Å². The average Bonchev–Trinajstić information content (AvgIpc) is 3.33. The molecule has 1 fully saturated rings. The first-order valence-electron chi connectivity index (χ1n) is 9.38. The van der Waals surface area contributed by atoms with Gasteiger partial charge in [0.1, 0.15) is 30.4 Å². The minimum atomic E-state index is -1.25. The summed E-state index contributed by atoms with van der Waals surface area (Å²) in [7, 11) is 1.58. The number of hydrogen-bond acceptors (Lipinski definition) is 10. The molecule has 11 heteroatoms. The molecule has 5 N–H and O–H groups in total. The second kappa shape index (κ2) is 8.50. The van der Waals surface area contributed by atoms with Crippen molar-refractivity contribution in [2.75, 3.05) is 25.6 Å². The van der Waals surface area contributed by atoms with E-state index in [1.165, 1.54) is 17.2 Å². The molecule has 5 atom stereocenters. The van der Waals surface area contributed by atoms with Crippen molar-refractivity contribution in [2.45, 2.75) is 30.6 Å². The van der Waals surface area contributed by atoms with Gasteiger partial charge in [-0.05, 0) is 17.7 Å². The van der Waals surface area contributed by atoms with Crippen LogP contribution in [0.5, 0.6) is 5.75 Å². The molecule has 1 saturated heterocycles. The largest absolute Gasteiger partial charge is 0.497 e. The van der Waals surface area contributed by atoms with Gasteiger partial charge >= 0.3 is 0 Å². The summed E-state index contributed by atoms with van der Waals surface area (Å²) in [6, 6.07) is 6.82. The number of fused-ring (bicyclic) bond motifs is 1. The highest BCUT2D eigenvalue weighted by atomic mass is 16.6. The number of hydrogen-bond donors (Lipinski definition) is 5. The molecule has 3 aromatic rings. The van der Waals surface area contributed by atoms with Crippen LogP contribution in [0.3, 0.4) is 0 Å². The highest BCUT2D eigenvalue weighted by Gasteiger charge is 2.44. The molecular formula is C19H23N5O6. The lowest BCUT2D eigenvalue weighted by atomic mass is 10.1. The summed E-state index contributed by atoms with van der Waals surface area (Å²) >= 11 is 0. The average molecular weight is 417 g/mol. The summed E-state index contributed by atoms with van der Waals surface area (Å²) in [5.74, 6) is 1.09. The van der Waals surface area contributed by atoms with Crippen LogP contribution in [0.2, 0.25) is 0 Å². The van der Waals surface area contributed by atoms with Crippen molar-refractivity contribution in [1.29, 1.82) is 0 Å². The van der Waals surface area contributed by atoms with E-state index >= 15 is 0 Å². The molecule has 160 valence electrons. The number of anilines is 1. The molecule has 0 amide bonds. The maximum Gasteiger partial charge on any atom is 0.167 e. The molecule has 1 unspecified atom stereocenters. The molecular weight excluding hydrogens is 394 g/mol. The van der Waals surface area contributed by atoms with Gasteiger partial charge in [-0.15, -0.1) is 0 Å². The lowest BCUT2D eigenvalue weighted by Crippen LogP contribution is -2.33. The van der Waals surface area contributed by atoms with Crippen molar-refractivity contribution in [3.63, 3.8) is 0 Å². The predicted molar refractivity (Wildman–Crippen MR) is 105 cm³/mol. The summed E-state index contributed by atoms with van der Waals surface area (Å²) in [6.45, 7) is -0.615. The van der Waals surface area contributed by atoms with E-state index in [1.807, 2.05) is 12.1 Å². The fraction of sp³-hybridized carbons (Fsp3) is 0.421. The zero-order valence-electron chi connectivity index (χ0n) is 16.2. The van der Waals surface area contributed by atoms with Gasteiger partial charge in [0.05, 0.1) is 32.7 Å². The number of aliphatic hydroxyl groups is 4. The second-order valence-electron chi connectivity index (χ2n) is 6.93. The van der Waals surface area contributed by atoms with Crippen molar-refractivity contribution in [3.8, 4) is 5.75 Å². The zero-order valence-corrected chi connectivity index (χ0v) is 16.2. The molecule has 1 aliphatic heterocycles. The van der Waals surface area contributed by atoms with E-state index in [2.05, 4.69) is 20.3 Å². The topological polar surface area (TPSA) is 155 Å². The van der Waals surface area contributed by atoms with E-state index in [4.69, 9.17) is 9.47 Å². The van der Waals surface area contributed by atoms with E-state index in [9.17, 15) is 20.4 Å². The van der Waals surface area contributed by atoms with Crippen LogP contribution < -0.4 is 10.1 Å². The van der Waals surface area contributed by atoms with Crippen LogP contribution in [0.1, 0.15) is 17.8 Å². The maximum absolute atomic E-state index is 10.3. The van der Waals surface area contributed by atoms with Crippen molar-refractivity contribution < 1.29 is 29.9 Å². The van der Waals surface area contributed by atoms with Crippen LogP contribution in [0.4, 0.5) is 5.82 Å². The zero-order chi connectivity index (χ0) is 21.3. The van der Waals surface area contributed by atoms with Gasteiger partial charge in [-0.25, -0.2) is 15.0 Å². The lowest BCUT2D eigenvalue weighted by Gasteiger charge is -2.18. The Labute approximate surface area is 171 Å². The van der Waals surface area contributed by atoms with Gasteiger partial charge in [-0.1, -0.05) is 12.1 Å². The number of nitrogens with one attached hydrogen (secondary N) is 1. The molecule has 1 aliphatic rings. The van der Waals surface area contributed by atoms with Crippen molar-refractivity contribution in [1.82, 2.24) is 19.5 Å². The fourth-order valence-corrected chi connectivity index (χ4v) is 3.49. The Morgan fingerprint density at radius 3 is 2.53 bits per heavy atom. The Morgan fingerprint density at radius 1 is 1.13 bits per heavy atom. The lowest BCUT2D eigenvalue weighted by molar-refractivity contribution is -0.0511. The molecule has 0 aliphatic carbocycles. The Hall–Kier alpha value is -2.83. The fourth-order valence-electron chi connectivity index (χ4n) is 3.49. The Balaban J connectivity index is 1.63. The maximum atomic E-state index is 10.3. The molecule has 2 aromatic heterocycles. The second-order valence-corrected chi connectivity index (χ2v) is 6.93. The van der Waals surface area contributed by atoms with E-state index < -0.39 is 37.2 Å². The van der Waals surface area contributed by atoms with E-state index in [0.717, 1.165) is 5.56 Å². The summed E-state index contributed by atoms with van der Waals surface area (Å²) in [5, 5.41) is 42.6. The third-order valence-corrected chi connectivity index (χ3v) is 5.16. The molecule has 0 radical (unpaired) electrons. The Morgan fingerprint density at radius 2 is 1.90 bits per heavy atom. The van der Waals surface area contributed by atoms with Crippen LogP contribution in [0.15, 0.2) is 36.9 Å². The normalized spacial score (nSPS) is 24.8. The summed E-state index contributed by atoms with van der Waals surface area (Å²) in [4.78, 5) is 12.8. The molecule has 30 heavy (non-hydrogen) atoms. The van der Waals surface area contributed by atoms with Crippen LogP contribution in [0, 0.1) is 0 Å². The number of methoxy groups -OCH3 is 1. The van der Waals surface area contributed by atoms with Crippen LogP contribution in [-0.2, 0) is 4.74 Å². The van der Waals surface area contributed by atoms with Gasteiger partial charge in [0.25, 0.3) is 0 Å². The Bertz CT molecular complexity index is 997. The molecule has 0 bridgehead atoms. The van der Waals surface area contributed by atoms with E-state index in [-0.39, 0.29) is 6.61 Å². The van der Waals surface area contributed by atoms with Crippen LogP contribution >= 0.6 is 0 Å². The summed E-state index contributed by atoms with van der Waals surface area (Å²) in [6.07, 6.45) is -1.60. The number of nitrogens with zero attached hydrogens (tertiary/aromatic N) is 4. The van der Waals surface area contributed by atoms with E-state index in [0.29, 0.717) is 22.7 Å².